The highest BCUT2D eigenvalue weighted by Crippen LogP contribution is 2.20. The van der Waals surface area contributed by atoms with Crippen LogP contribution in [0.15, 0.2) is 35.7 Å². The number of carbonyl (C=O) groups excluding carboxylic acids is 2. The monoisotopic (exact) mass is 303 g/mol. The number of nitrogens with two attached hydrogens (primary N) is 1. The molecular weight excluding hydrogens is 286 g/mol. The Morgan fingerprint density at radius 1 is 1.19 bits per heavy atom. The van der Waals surface area contributed by atoms with Crippen molar-refractivity contribution in [3.63, 3.8) is 0 Å². The lowest BCUT2D eigenvalue weighted by atomic mass is 10.1. The molecule has 21 heavy (non-hydrogen) atoms. The standard InChI is InChI=1S/C15H17N3O2S/c1-10-6-9-21-13(10)15(20)18-12-5-3-2-4-11(12)14(19)17-8-7-16/h2-6,9H,7-8,16H2,1H3,(H,17,19)(H,18,20). The summed E-state index contributed by atoms with van der Waals surface area (Å²) in [5.74, 6) is -0.458. The van der Waals surface area contributed by atoms with Crippen molar-refractivity contribution < 1.29 is 9.59 Å². The smallest absolute Gasteiger partial charge is 0.266 e. The van der Waals surface area contributed by atoms with Gasteiger partial charge in [0.2, 0.25) is 0 Å². The Labute approximate surface area is 127 Å². The van der Waals surface area contributed by atoms with Crippen molar-refractivity contribution >= 4 is 28.8 Å². The molecule has 0 bridgehead atoms. The van der Waals surface area contributed by atoms with Crippen molar-refractivity contribution in [3.8, 4) is 0 Å². The van der Waals surface area contributed by atoms with Gasteiger partial charge in [0.15, 0.2) is 0 Å². The van der Waals surface area contributed by atoms with Gasteiger partial charge in [-0.05, 0) is 36.1 Å². The largest absolute Gasteiger partial charge is 0.351 e. The van der Waals surface area contributed by atoms with E-state index in [-0.39, 0.29) is 11.8 Å². The van der Waals surface area contributed by atoms with Gasteiger partial charge in [0, 0.05) is 13.1 Å². The maximum Gasteiger partial charge on any atom is 0.266 e. The molecule has 0 aliphatic heterocycles. The predicted molar refractivity (Wildman–Crippen MR) is 84.8 cm³/mol. The summed E-state index contributed by atoms with van der Waals surface area (Å²) in [5.41, 5.74) is 7.21. The molecule has 0 saturated heterocycles. The Hall–Kier alpha value is -2.18. The van der Waals surface area contributed by atoms with Gasteiger partial charge in [-0.2, -0.15) is 0 Å². The minimum Gasteiger partial charge on any atom is -0.351 e. The lowest BCUT2D eigenvalue weighted by molar-refractivity contribution is 0.0955. The van der Waals surface area contributed by atoms with Gasteiger partial charge >= 0.3 is 0 Å². The van der Waals surface area contributed by atoms with Crippen LogP contribution in [0.4, 0.5) is 5.69 Å². The van der Waals surface area contributed by atoms with Gasteiger partial charge in [-0.1, -0.05) is 12.1 Å². The van der Waals surface area contributed by atoms with Gasteiger partial charge in [0.25, 0.3) is 11.8 Å². The van der Waals surface area contributed by atoms with Crippen molar-refractivity contribution in [3.05, 3.63) is 51.7 Å². The minimum absolute atomic E-state index is 0.207. The number of aryl methyl sites for hydroxylation is 1. The molecule has 0 atom stereocenters. The molecule has 0 aliphatic rings. The molecule has 2 amide bonds. The van der Waals surface area contributed by atoms with Crippen molar-refractivity contribution in [1.29, 1.82) is 0 Å². The van der Waals surface area contributed by atoms with Crippen molar-refractivity contribution in [2.24, 2.45) is 5.73 Å². The zero-order valence-corrected chi connectivity index (χ0v) is 12.5. The number of hydrogen-bond donors (Lipinski definition) is 3. The number of rotatable bonds is 5. The van der Waals surface area contributed by atoms with Crippen LogP contribution in [0.25, 0.3) is 0 Å². The van der Waals surface area contributed by atoms with Crippen molar-refractivity contribution in [2.75, 3.05) is 18.4 Å². The Bertz CT molecular complexity index is 652. The normalized spacial score (nSPS) is 10.2. The number of benzene rings is 1. The summed E-state index contributed by atoms with van der Waals surface area (Å²) in [4.78, 5) is 24.9. The number of para-hydroxylation sites is 1. The van der Waals surface area contributed by atoms with Gasteiger partial charge in [-0.25, -0.2) is 0 Å². The summed E-state index contributed by atoms with van der Waals surface area (Å²) in [7, 11) is 0. The molecule has 2 aromatic rings. The van der Waals surface area contributed by atoms with Crippen LogP contribution in [-0.2, 0) is 0 Å². The van der Waals surface area contributed by atoms with Crippen LogP contribution < -0.4 is 16.4 Å². The molecule has 110 valence electrons. The molecular formula is C15H17N3O2S. The third-order valence-electron chi connectivity index (χ3n) is 2.92. The molecule has 2 rings (SSSR count). The lowest BCUT2D eigenvalue weighted by Gasteiger charge is -2.11. The number of thiophene rings is 1. The quantitative estimate of drug-likeness (QED) is 0.790. The van der Waals surface area contributed by atoms with Crippen LogP contribution >= 0.6 is 11.3 Å². The fourth-order valence-corrected chi connectivity index (χ4v) is 2.68. The zero-order chi connectivity index (χ0) is 15.2. The van der Waals surface area contributed by atoms with Crippen LogP contribution in [0.2, 0.25) is 0 Å². The summed E-state index contributed by atoms with van der Waals surface area (Å²) >= 11 is 1.38. The van der Waals surface area contributed by atoms with E-state index in [4.69, 9.17) is 5.73 Å². The maximum absolute atomic E-state index is 12.2. The molecule has 0 unspecified atom stereocenters. The summed E-state index contributed by atoms with van der Waals surface area (Å²) in [6, 6.07) is 8.79. The van der Waals surface area contributed by atoms with E-state index in [0.29, 0.717) is 29.2 Å². The predicted octanol–water partition coefficient (Wildman–Crippen LogP) is 2.00. The van der Waals surface area contributed by atoms with Gasteiger partial charge in [0.05, 0.1) is 16.1 Å². The average Bonchev–Trinajstić information content (AvgIpc) is 2.91. The van der Waals surface area contributed by atoms with E-state index >= 15 is 0 Å². The second kappa shape index (κ2) is 7.01. The van der Waals surface area contributed by atoms with Crippen LogP contribution in [0.5, 0.6) is 0 Å². The molecule has 0 aliphatic carbocycles. The van der Waals surface area contributed by atoms with Gasteiger partial charge < -0.3 is 16.4 Å². The highest BCUT2D eigenvalue weighted by molar-refractivity contribution is 7.12. The summed E-state index contributed by atoms with van der Waals surface area (Å²) < 4.78 is 0. The topological polar surface area (TPSA) is 84.2 Å². The number of amides is 2. The van der Waals surface area contributed by atoms with Crippen LogP contribution in [-0.4, -0.2) is 24.9 Å². The van der Waals surface area contributed by atoms with E-state index in [1.54, 1.807) is 24.3 Å². The highest BCUT2D eigenvalue weighted by Gasteiger charge is 2.15. The maximum atomic E-state index is 12.2. The average molecular weight is 303 g/mol. The third-order valence-corrected chi connectivity index (χ3v) is 3.93. The van der Waals surface area contributed by atoms with Gasteiger partial charge in [-0.3, -0.25) is 9.59 Å². The molecule has 6 heteroatoms. The summed E-state index contributed by atoms with van der Waals surface area (Å²) in [6.07, 6.45) is 0. The zero-order valence-electron chi connectivity index (χ0n) is 11.7. The third kappa shape index (κ3) is 3.68. The van der Waals surface area contributed by atoms with E-state index in [0.717, 1.165) is 5.56 Å². The molecule has 0 fully saturated rings. The summed E-state index contributed by atoms with van der Waals surface area (Å²) in [5, 5.41) is 7.35. The minimum atomic E-state index is -0.251. The van der Waals surface area contributed by atoms with Crippen molar-refractivity contribution in [1.82, 2.24) is 5.32 Å². The fraction of sp³-hybridized carbons (Fsp3) is 0.200. The van der Waals surface area contributed by atoms with E-state index in [2.05, 4.69) is 10.6 Å². The second-order valence-corrected chi connectivity index (χ2v) is 5.39. The Kier molecular flexibility index (Phi) is 5.08. The number of carbonyl (C=O) groups is 2. The van der Waals surface area contributed by atoms with E-state index < -0.39 is 0 Å². The van der Waals surface area contributed by atoms with E-state index in [1.165, 1.54) is 11.3 Å². The van der Waals surface area contributed by atoms with Crippen LogP contribution in [0, 0.1) is 6.92 Å². The molecule has 5 nitrogen and oxygen atoms in total. The van der Waals surface area contributed by atoms with Crippen LogP contribution in [0.3, 0.4) is 0 Å². The Balaban J connectivity index is 2.19. The number of nitrogens with one attached hydrogen (secondary N) is 2. The van der Waals surface area contributed by atoms with Gasteiger partial charge in [0.1, 0.15) is 0 Å². The molecule has 0 radical (unpaired) electrons. The first kappa shape index (κ1) is 15.2. The molecule has 0 saturated carbocycles. The molecule has 4 N–H and O–H groups in total. The van der Waals surface area contributed by atoms with Crippen LogP contribution in [0.1, 0.15) is 25.6 Å². The molecule has 1 aromatic heterocycles. The number of hydrogen-bond acceptors (Lipinski definition) is 4. The van der Waals surface area contributed by atoms with E-state index in [9.17, 15) is 9.59 Å². The first-order chi connectivity index (χ1) is 10.1. The Morgan fingerprint density at radius 2 is 1.95 bits per heavy atom. The summed E-state index contributed by atoms with van der Waals surface area (Å²) in [6.45, 7) is 2.64. The first-order valence-corrected chi connectivity index (χ1v) is 7.44. The second-order valence-electron chi connectivity index (χ2n) is 4.48. The number of anilines is 1. The molecule has 1 heterocycles. The lowest BCUT2D eigenvalue weighted by Crippen LogP contribution is -2.29. The molecule has 0 spiro atoms. The first-order valence-electron chi connectivity index (χ1n) is 6.56. The fourth-order valence-electron chi connectivity index (χ4n) is 1.86. The van der Waals surface area contributed by atoms with Crippen molar-refractivity contribution in [2.45, 2.75) is 6.92 Å². The highest BCUT2D eigenvalue weighted by atomic mass is 32.1. The SMILES string of the molecule is Cc1ccsc1C(=O)Nc1ccccc1C(=O)NCCN. The molecule has 1 aromatic carbocycles. The Morgan fingerprint density at radius 3 is 2.62 bits per heavy atom. The van der Waals surface area contributed by atoms with E-state index in [1.807, 2.05) is 18.4 Å². The van der Waals surface area contributed by atoms with Gasteiger partial charge in [-0.15, -0.1) is 11.3 Å².